The zero-order valence-corrected chi connectivity index (χ0v) is 18.5. The molecule has 0 N–H and O–H groups in total. The van der Waals surface area contributed by atoms with Crippen molar-refractivity contribution in [3.63, 3.8) is 0 Å². The predicted molar refractivity (Wildman–Crippen MR) is 136 cm³/mol. The summed E-state index contributed by atoms with van der Waals surface area (Å²) in [5.41, 5.74) is 4.64. The third kappa shape index (κ3) is 2.60. The second-order valence-corrected chi connectivity index (χ2v) is 9.28. The maximum atomic E-state index is 6.18. The lowest BCUT2D eigenvalue weighted by Gasteiger charge is -2.16. The molecule has 0 saturated carbocycles. The molecule has 6 aromatic rings. The van der Waals surface area contributed by atoms with Gasteiger partial charge in [0.15, 0.2) is 0 Å². The van der Waals surface area contributed by atoms with Crippen molar-refractivity contribution >= 4 is 61.7 Å². The molecule has 0 spiro atoms. The third-order valence-corrected chi connectivity index (χ3v) is 6.83. The standard InChI is InChI=1S/C28H21BN2O2/c1-17-28(2,3)33-29(32-17)20-12-13-25-22(16-20)21-14-18-8-4-5-9-19(18)15-23(21)27-30-24-10-6-7-11-26(24)31(25)27/h4-16H,1H2,2-3H3. The first kappa shape index (κ1) is 18.7. The van der Waals surface area contributed by atoms with Gasteiger partial charge >= 0.3 is 7.12 Å². The molecular formula is C28H21BN2O2. The van der Waals surface area contributed by atoms with Crippen molar-refractivity contribution in [1.82, 2.24) is 9.38 Å². The predicted octanol–water partition coefficient (Wildman–Crippen LogP) is 5.98. The maximum Gasteiger partial charge on any atom is 0.563 e. The molecule has 0 amide bonds. The van der Waals surface area contributed by atoms with E-state index in [1.807, 2.05) is 19.9 Å². The molecule has 1 fully saturated rings. The van der Waals surface area contributed by atoms with E-state index < -0.39 is 12.7 Å². The Kier molecular flexibility index (Phi) is 3.61. The molecule has 0 unspecified atom stereocenters. The van der Waals surface area contributed by atoms with Crippen molar-refractivity contribution in [3.8, 4) is 0 Å². The van der Waals surface area contributed by atoms with Crippen LogP contribution in [0.25, 0.3) is 49.1 Å². The van der Waals surface area contributed by atoms with Gasteiger partial charge in [-0.3, -0.25) is 4.40 Å². The van der Waals surface area contributed by atoms with Crippen molar-refractivity contribution in [2.45, 2.75) is 19.4 Å². The first-order chi connectivity index (χ1) is 16.0. The Morgan fingerprint density at radius 1 is 0.818 bits per heavy atom. The number of fused-ring (bicyclic) bond motifs is 9. The van der Waals surface area contributed by atoms with Crippen LogP contribution in [0, 0.1) is 0 Å². The highest BCUT2D eigenvalue weighted by atomic mass is 16.7. The SMILES string of the molecule is C=C1OB(c2ccc3c(c2)c2cc4ccccc4cc2c2nc4ccccc4n32)OC1(C)C. The van der Waals surface area contributed by atoms with Crippen LogP contribution >= 0.6 is 0 Å². The van der Waals surface area contributed by atoms with Crippen LogP contribution < -0.4 is 5.46 Å². The quantitative estimate of drug-likeness (QED) is 0.184. The van der Waals surface area contributed by atoms with Gasteiger partial charge in [0, 0.05) is 10.8 Å². The van der Waals surface area contributed by atoms with Gasteiger partial charge in [-0.05, 0) is 65.8 Å². The molecule has 4 nitrogen and oxygen atoms in total. The molecule has 0 aliphatic carbocycles. The molecule has 2 aromatic heterocycles. The smallest absolute Gasteiger partial charge is 0.534 e. The zero-order valence-electron chi connectivity index (χ0n) is 18.5. The summed E-state index contributed by atoms with van der Waals surface area (Å²) in [4.78, 5) is 5.03. The first-order valence-corrected chi connectivity index (χ1v) is 11.2. The van der Waals surface area contributed by atoms with Gasteiger partial charge in [-0.2, -0.15) is 0 Å². The van der Waals surface area contributed by atoms with E-state index in [4.69, 9.17) is 14.3 Å². The van der Waals surface area contributed by atoms with Crippen molar-refractivity contribution in [3.05, 3.63) is 91.2 Å². The minimum Gasteiger partial charge on any atom is -0.534 e. The van der Waals surface area contributed by atoms with Gasteiger partial charge in [-0.25, -0.2) is 4.98 Å². The lowest BCUT2D eigenvalue weighted by molar-refractivity contribution is 0.173. The fourth-order valence-electron chi connectivity index (χ4n) is 4.97. The van der Waals surface area contributed by atoms with Gasteiger partial charge in [0.25, 0.3) is 0 Å². The Morgan fingerprint density at radius 2 is 1.55 bits per heavy atom. The number of hydrogen-bond acceptors (Lipinski definition) is 3. The monoisotopic (exact) mass is 428 g/mol. The summed E-state index contributed by atoms with van der Waals surface area (Å²) in [7, 11) is -0.470. The van der Waals surface area contributed by atoms with Gasteiger partial charge < -0.3 is 9.31 Å². The summed E-state index contributed by atoms with van der Waals surface area (Å²) >= 11 is 0. The summed E-state index contributed by atoms with van der Waals surface area (Å²) in [5.74, 6) is 0.652. The van der Waals surface area contributed by atoms with Crippen LogP contribution in [-0.2, 0) is 9.31 Å². The Hall–Kier alpha value is -3.83. The molecule has 158 valence electrons. The number of aromatic nitrogens is 2. The van der Waals surface area contributed by atoms with E-state index in [-0.39, 0.29) is 0 Å². The lowest BCUT2D eigenvalue weighted by Crippen LogP contribution is -2.34. The van der Waals surface area contributed by atoms with Crippen molar-refractivity contribution in [2.75, 3.05) is 0 Å². The van der Waals surface area contributed by atoms with E-state index in [1.54, 1.807) is 0 Å². The van der Waals surface area contributed by atoms with Gasteiger partial charge in [-0.15, -0.1) is 0 Å². The number of imidazole rings is 1. The summed E-state index contributed by atoms with van der Waals surface area (Å²) in [5, 5.41) is 5.86. The van der Waals surface area contributed by atoms with Crippen LogP contribution in [0.2, 0.25) is 0 Å². The highest BCUT2D eigenvalue weighted by Gasteiger charge is 2.42. The number of benzene rings is 4. The molecule has 0 atom stereocenters. The van der Waals surface area contributed by atoms with Gasteiger partial charge in [-0.1, -0.05) is 55.1 Å². The Balaban J connectivity index is 1.63. The molecule has 0 bridgehead atoms. The first-order valence-electron chi connectivity index (χ1n) is 11.2. The van der Waals surface area contributed by atoms with Crippen LogP contribution in [0.15, 0.2) is 91.2 Å². The minimum absolute atomic E-state index is 0.470. The van der Waals surface area contributed by atoms with Crippen LogP contribution in [0.5, 0.6) is 0 Å². The fraction of sp³-hybridized carbons (Fsp3) is 0.107. The second kappa shape index (κ2) is 6.36. The lowest BCUT2D eigenvalue weighted by atomic mass is 9.78. The van der Waals surface area contributed by atoms with Crippen LogP contribution in [0.1, 0.15) is 13.8 Å². The van der Waals surface area contributed by atoms with E-state index in [9.17, 15) is 0 Å². The summed E-state index contributed by atoms with van der Waals surface area (Å²) in [6.45, 7) is 8.01. The average Bonchev–Trinajstić information content (AvgIpc) is 3.34. The molecule has 1 saturated heterocycles. The average molecular weight is 428 g/mol. The number of nitrogens with zero attached hydrogens (tertiary/aromatic N) is 2. The second-order valence-electron chi connectivity index (χ2n) is 9.28. The molecule has 0 radical (unpaired) electrons. The van der Waals surface area contributed by atoms with Crippen LogP contribution in [0.3, 0.4) is 0 Å². The highest BCUT2D eigenvalue weighted by Crippen LogP contribution is 2.35. The molecule has 3 heterocycles. The normalized spacial score (nSPS) is 15.9. The van der Waals surface area contributed by atoms with Gasteiger partial charge in [0.05, 0.1) is 22.3 Å². The Bertz CT molecular complexity index is 1780. The Labute approximate surface area is 191 Å². The van der Waals surface area contributed by atoms with Crippen molar-refractivity contribution in [2.24, 2.45) is 0 Å². The summed E-state index contributed by atoms with van der Waals surface area (Å²) < 4.78 is 14.4. The number of para-hydroxylation sites is 2. The fourth-order valence-corrected chi connectivity index (χ4v) is 4.97. The minimum atomic E-state index is -0.512. The number of rotatable bonds is 1. The zero-order chi connectivity index (χ0) is 22.3. The molecule has 5 heteroatoms. The highest BCUT2D eigenvalue weighted by molar-refractivity contribution is 6.62. The summed E-state index contributed by atoms with van der Waals surface area (Å²) in [6.07, 6.45) is 0. The van der Waals surface area contributed by atoms with Gasteiger partial charge in [0.1, 0.15) is 11.2 Å². The molecule has 1 aliphatic rings. The van der Waals surface area contributed by atoms with E-state index in [0.717, 1.165) is 38.4 Å². The maximum absolute atomic E-state index is 6.18. The molecule has 33 heavy (non-hydrogen) atoms. The van der Waals surface area contributed by atoms with Gasteiger partial charge in [0.2, 0.25) is 0 Å². The molecule has 4 aromatic carbocycles. The van der Waals surface area contributed by atoms with E-state index >= 15 is 0 Å². The van der Waals surface area contributed by atoms with Crippen LogP contribution in [-0.4, -0.2) is 22.1 Å². The number of pyridine rings is 1. The van der Waals surface area contributed by atoms with E-state index in [2.05, 4.69) is 83.8 Å². The van der Waals surface area contributed by atoms with Crippen molar-refractivity contribution < 1.29 is 9.31 Å². The topological polar surface area (TPSA) is 35.8 Å². The molecule has 1 aliphatic heterocycles. The summed E-state index contributed by atoms with van der Waals surface area (Å²) in [6, 6.07) is 27.7. The molecular weight excluding hydrogens is 407 g/mol. The third-order valence-electron chi connectivity index (χ3n) is 6.83. The Morgan fingerprint density at radius 3 is 2.30 bits per heavy atom. The van der Waals surface area contributed by atoms with Crippen LogP contribution in [0.4, 0.5) is 0 Å². The molecule has 7 rings (SSSR count). The number of hydrogen-bond donors (Lipinski definition) is 0. The van der Waals surface area contributed by atoms with Crippen molar-refractivity contribution in [1.29, 1.82) is 0 Å². The van der Waals surface area contributed by atoms with E-state index in [0.29, 0.717) is 5.76 Å². The largest absolute Gasteiger partial charge is 0.563 e. The van der Waals surface area contributed by atoms with E-state index in [1.165, 1.54) is 16.2 Å².